The molecule has 0 aliphatic heterocycles. The number of hydrogen-bond donors (Lipinski definition) is 1. The summed E-state index contributed by atoms with van der Waals surface area (Å²) >= 11 is 0. The number of rotatable bonds is 6. The number of pyridine rings is 1. The maximum absolute atomic E-state index is 12.7. The maximum atomic E-state index is 12.7. The Labute approximate surface area is 192 Å². The van der Waals surface area contributed by atoms with Crippen LogP contribution in [0, 0.1) is 13.8 Å². The minimum atomic E-state index is -0.257. The van der Waals surface area contributed by atoms with Crippen molar-refractivity contribution < 1.29 is 18.7 Å². The molecule has 0 atom stereocenters. The fourth-order valence-electron chi connectivity index (χ4n) is 3.91. The molecule has 1 amide bonds. The average Bonchev–Trinajstić information content (AvgIpc) is 3.23. The molecule has 2 aromatic carbocycles. The second-order valence-electron chi connectivity index (χ2n) is 7.87. The number of hydrogen-bond acceptors (Lipinski definition) is 5. The number of carbonyl (C=O) groups is 1. The predicted octanol–water partition coefficient (Wildman–Crippen LogP) is 6.17. The van der Waals surface area contributed by atoms with Crippen molar-refractivity contribution in [2.24, 2.45) is 0 Å². The predicted molar refractivity (Wildman–Crippen MR) is 131 cm³/mol. The first kappa shape index (κ1) is 22.1. The molecule has 0 aliphatic carbocycles. The van der Waals surface area contributed by atoms with Gasteiger partial charge in [-0.15, -0.1) is 0 Å². The molecular formula is C27H26N2O4. The highest BCUT2D eigenvalue weighted by atomic mass is 16.5. The van der Waals surface area contributed by atoms with Crippen LogP contribution in [0.3, 0.4) is 0 Å². The van der Waals surface area contributed by atoms with Crippen LogP contribution in [0.15, 0.2) is 65.4 Å². The summed E-state index contributed by atoms with van der Waals surface area (Å²) in [6, 6.07) is 13.5. The fourth-order valence-corrected chi connectivity index (χ4v) is 3.91. The van der Waals surface area contributed by atoms with E-state index in [1.807, 2.05) is 63.2 Å². The summed E-state index contributed by atoms with van der Waals surface area (Å²) < 4.78 is 16.9. The zero-order valence-corrected chi connectivity index (χ0v) is 19.4. The van der Waals surface area contributed by atoms with Crippen LogP contribution in [0.2, 0.25) is 0 Å². The Morgan fingerprint density at radius 3 is 2.48 bits per heavy atom. The van der Waals surface area contributed by atoms with Gasteiger partial charge in [-0.3, -0.25) is 4.79 Å². The van der Waals surface area contributed by atoms with Crippen molar-refractivity contribution >= 4 is 28.3 Å². The number of aromatic nitrogens is 1. The van der Waals surface area contributed by atoms with Gasteiger partial charge in [-0.1, -0.05) is 12.1 Å². The molecule has 2 aromatic heterocycles. The number of nitrogens with one attached hydrogen (secondary N) is 1. The number of aryl methyl sites for hydroxylation is 2. The van der Waals surface area contributed by atoms with Crippen LogP contribution in [-0.4, -0.2) is 25.1 Å². The Bertz CT molecular complexity index is 1350. The minimum absolute atomic E-state index is 0.257. The van der Waals surface area contributed by atoms with Gasteiger partial charge in [0, 0.05) is 34.3 Å². The number of anilines is 1. The summed E-state index contributed by atoms with van der Waals surface area (Å²) in [6.45, 7) is 5.79. The van der Waals surface area contributed by atoms with E-state index in [4.69, 9.17) is 13.9 Å². The van der Waals surface area contributed by atoms with Crippen LogP contribution < -0.4 is 14.8 Å². The molecule has 1 N–H and O–H groups in total. The van der Waals surface area contributed by atoms with Gasteiger partial charge in [-0.05, 0) is 67.8 Å². The number of allylic oxidation sites excluding steroid dienone is 1. The van der Waals surface area contributed by atoms with Crippen molar-refractivity contribution in [3.05, 3.63) is 77.7 Å². The van der Waals surface area contributed by atoms with Crippen LogP contribution in [0.4, 0.5) is 5.82 Å². The number of benzene rings is 2. The molecule has 0 saturated carbocycles. The summed E-state index contributed by atoms with van der Waals surface area (Å²) in [5, 5.41) is 3.76. The lowest BCUT2D eigenvalue weighted by Crippen LogP contribution is -2.10. The number of carbonyl (C=O) groups excluding carboxylic acids is 1. The maximum Gasteiger partial charge on any atom is 0.249 e. The summed E-state index contributed by atoms with van der Waals surface area (Å²) in [7, 11) is 3.26. The van der Waals surface area contributed by atoms with E-state index in [9.17, 15) is 4.79 Å². The SMILES string of the molecule is COc1ccc(-c2coc3c(C)c(OC)c(/C(C)=C/C(=O)Nc4cc(C)ccn4)cc23)cc1. The molecule has 33 heavy (non-hydrogen) atoms. The minimum Gasteiger partial charge on any atom is -0.497 e. The smallest absolute Gasteiger partial charge is 0.249 e. The summed E-state index contributed by atoms with van der Waals surface area (Å²) in [5.74, 6) is 1.72. The molecule has 4 aromatic rings. The Hall–Kier alpha value is -4.06. The molecule has 0 bridgehead atoms. The van der Waals surface area contributed by atoms with Gasteiger partial charge in [0.25, 0.3) is 0 Å². The first-order valence-corrected chi connectivity index (χ1v) is 10.6. The highest BCUT2D eigenvalue weighted by Crippen LogP contribution is 2.40. The van der Waals surface area contributed by atoms with Crippen LogP contribution in [-0.2, 0) is 4.79 Å². The van der Waals surface area contributed by atoms with Crippen LogP contribution in [0.25, 0.3) is 27.7 Å². The van der Waals surface area contributed by atoms with E-state index in [2.05, 4.69) is 10.3 Å². The number of methoxy groups -OCH3 is 2. The lowest BCUT2D eigenvalue weighted by Gasteiger charge is -2.13. The van der Waals surface area contributed by atoms with E-state index in [0.29, 0.717) is 11.6 Å². The van der Waals surface area contributed by atoms with Crippen LogP contribution in [0.5, 0.6) is 11.5 Å². The zero-order chi connectivity index (χ0) is 23.5. The van der Waals surface area contributed by atoms with E-state index >= 15 is 0 Å². The number of furan rings is 1. The fraction of sp³-hybridized carbons (Fsp3) is 0.185. The van der Waals surface area contributed by atoms with Gasteiger partial charge in [0.1, 0.15) is 22.9 Å². The van der Waals surface area contributed by atoms with Gasteiger partial charge < -0.3 is 19.2 Å². The molecule has 0 unspecified atom stereocenters. The molecule has 6 heteroatoms. The van der Waals surface area contributed by atoms with Gasteiger partial charge in [-0.25, -0.2) is 4.98 Å². The molecule has 0 spiro atoms. The number of fused-ring (bicyclic) bond motifs is 1. The number of ether oxygens (including phenoxy) is 2. The van der Waals surface area contributed by atoms with E-state index in [-0.39, 0.29) is 5.91 Å². The van der Waals surface area contributed by atoms with Crippen LogP contribution >= 0.6 is 0 Å². The highest BCUT2D eigenvalue weighted by Gasteiger charge is 2.19. The molecular weight excluding hydrogens is 416 g/mol. The zero-order valence-electron chi connectivity index (χ0n) is 19.4. The topological polar surface area (TPSA) is 73.6 Å². The molecule has 2 heterocycles. The van der Waals surface area contributed by atoms with E-state index in [0.717, 1.165) is 50.1 Å². The Balaban J connectivity index is 1.75. The lowest BCUT2D eigenvalue weighted by molar-refractivity contribution is -0.111. The van der Waals surface area contributed by atoms with Gasteiger partial charge in [0.05, 0.1) is 20.5 Å². The Morgan fingerprint density at radius 1 is 1.06 bits per heavy atom. The number of amides is 1. The van der Waals surface area contributed by atoms with Gasteiger partial charge in [0.2, 0.25) is 5.91 Å². The monoisotopic (exact) mass is 442 g/mol. The Morgan fingerprint density at radius 2 is 1.82 bits per heavy atom. The summed E-state index contributed by atoms with van der Waals surface area (Å²) in [4.78, 5) is 16.8. The molecule has 168 valence electrons. The third-order valence-electron chi connectivity index (χ3n) is 5.59. The molecule has 0 fully saturated rings. The molecule has 0 saturated heterocycles. The van der Waals surface area contributed by atoms with E-state index in [1.165, 1.54) is 0 Å². The van der Waals surface area contributed by atoms with Crippen molar-refractivity contribution in [1.82, 2.24) is 4.98 Å². The third kappa shape index (κ3) is 4.46. The second-order valence-corrected chi connectivity index (χ2v) is 7.87. The van der Waals surface area contributed by atoms with Crippen molar-refractivity contribution in [2.75, 3.05) is 19.5 Å². The van der Waals surface area contributed by atoms with E-state index in [1.54, 1.807) is 32.8 Å². The lowest BCUT2D eigenvalue weighted by atomic mass is 9.96. The average molecular weight is 443 g/mol. The van der Waals surface area contributed by atoms with Crippen molar-refractivity contribution in [2.45, 2.75) is 20.8 Å². The van der Waals surface area contributed by atoms with Gasteiger partial charge in [0.15, 0.2) is 0 Å². The Kier molecular flexibility index (Phi) is 6.18. The second kappa shape index (κ2) is 9.20. The summed E-state index contributed by atoms with van der Waals surface area (Å²) in [6.07, 6.45) is 4.97. The third-order valence-corrected chi connectivity index (χ3v) is 5.59. The first-order chi connectivity index (χ1) is 15.9. The van der Waals surface area contributed by atoms with Crippen LogP contribution in [0.1, 0.15) is 23.6 Å². The molecule has 0 aliphatic rings. The van der Waals surface area contributed by atoms with Gasteiger partial charge >= 0.3 is 0 Å². The molecule has 0 radical (unpaired) electrons. The van der Waals surface area contributed by atoms with Gasteiger partial charge in [-0.2, -0.15) is 0 Å². The molecule has 4 rings (SSSR count). The first-order valence-electron chi connectivity index (χ1n) is 10.6. The van der Waals surface area contributed by atoms with Crippen molar-refractivity contribution in [1.29, 1.82) is 0 Å². The molecule has 6 nitrogen and oxygen atoms in total. The number of nitrogens with zero attached hydrogens (tertiary/aromatic N) is 1. The quantitative estimate of drug-likeness (QED) is 0.362. The van der Waals surface area contributed by atoms with Crippen molar-refractivity contribution in [3.8, 4) is 22.6 Å². The summed E-state index contributed by atoms with van der Waals surface area (Å²) in [5.41, 5.74) is 6.21. The van der Waals surface area contributed by atoms with Crippen molar-refractivity contribution in [3.63, 3.8) is 0 Å². The highest BCUT2D eigenvalue weighted by molar-refractivity contribution is 6.05. The normalized spacial score (nSPS) is 11.5. The van der Waals surface area contributed by atoms with E-state index < -0.39 is 0 Å². The standard InChI is InChI=1S/C27H26N2O4/c1-16-10-11-28-24(12-16)29-25(30)13-17(2)21-14-22-23(19-6-8-20(31-4)9-7-19)15-33-27(22)18(3)26(21)32-5/h6-15H,1-5H3,(H,28,29,30)/b17-13+. The largest absolute Gasteiger partial charge is 0.497 e.